The number of nitrogens with one attached hydrogen (secondary N) is 1. The van der Waals surface area contributed by atoms with Crippen molar-refractivity contribution in [2.45, 2.75) is 25.8 Å². The number of rotatable bonds is 5. The predicted octanol–water partition coefficient (Wildman–Crippen LogP) is 0.922. The van der Waals surface area contributed by atoms with Crippen molar-refractivity contribution in [1.29, 1.82) is 5.26 Å². The number of sulfone groups is 1. The maximum absolute atomic E-state index is 12.3. The highest BCUT2D eigenvalue weighted by molar-refractivity contribution is 7.91. The van der Waals surface area contributed by atoms with Crippen LogP contribution in [-0.4, -0.2) is 49.2 Å². The topological polar surface area (TPSA) is 107 Å². The van der Waals surface area contributed by atoms with E-state index in [1.54, 1.807) is 25.1 Å². The first kappa shape index (κ1) is 17.9. The fourth-order valence-electron chi connectivity index (χ4n) is 2.77. The highest BCUT2D eigenvalue weighted by Crippen LogP contribution is 2.18. The molecule has 0 spiro atoms. The van der Waals surface area contributed by atoms with E-state index in [-0.39, 0.29) is 24.0 Å². The molecule has 0 aromatic heterocycles. The van der Waals surface area contributed by atoms with Crippen LogP contribution in [0.4, 0.5) is 5.69 Å². The van der Waals surface area contributed by atoms with Gasteiger partial charge in [-0.1, -0.05) is 6.07 Å². The lowest BCUT2D eigenvalue weighted by Crippen LogP contribution is -2.42. The Kier molecular flexibility index (Phi) is 5.57. The van der Waals surface area contributed by atoms with E-state index in [4.69, 9.17) is 5.26 Å². The molecule has 2 amide bonds. The number of anilines is 1. The van der Waals surface area contributed by atoms with Crippen LogP contribution >= 0.6 is 0 Å². The third kappa shape index (κ3) is 4.55. The number of carbonyl (C=O) groups is 2. The van der Waals surface area contributed by atoms with Crippen molar-refractivity contribution in [1.82, 2.24) is 4.90 Å². The molecule has 2 rings (SSSR count). The molecule has 1 saturated heterocycles. The molecule has 128 valence electrons. The first-order chi connectivity index (χ1) is 11.3. The fraction of sp³-hybridized carbons (Fsp3) is 0.438. The van der Waals surface area contributed by atoms with E-state index < -0.39 is 21.7 Å². The summed E-state index contributed by atoms with van der Waals surface area (Å²) in [6.45, 7) is 2.12. The normalized spacial score (nSPS) is 18.6. The Bertz CT molecular complexity index is 783. The third-order valence-electron chi connectivity index (χ3n) is 3.90. The molecule has 1 heterocycles. The molecule has 1 N–H and O–H groups in total. The molecule has 24 heavy (non-hydrogen) atoms. The first-order valence-corrected chi connectivity index (χ1v) is 9.46. The summed E-state index contributed by atoms with van der Waals surface area (Å²) >= 11 is 0. The summed E-state index contributed by atoms with van der Waals surface area (Å²) < 4.78 is 23.1. The van der Waals surface area contributed by atoms with E-state index in [0.29, 0.717) is 24.2 Å². The van der Waals surface area contributed by atoms with Crippen LogP contribution in [0.15, 0.2) is 24.3 Å². The van der Waals surface area contributed by atoms with Gasteiger partial charge in [0.15, 0.2) is 9.84 Å². The Morgan fingerprint density at radius 3 is 2.75 bits per heavy atom. The first-order valence-electron chi connectivity index (χ1n) is 7.64. The van der Waals surface area contributed by atoms with Crippen molar-refractivity contribution in [3.8, 4) is 6.07 Å². The summed E-state index contributed by atoms with van der Waals surface area (Å²) in [5.74, 6) is -0.851. The van der Waals surface area contributed by atoms with Crippen molar-refractivity contribution in [2.75, 3.05) is 23.4 Å². The van der Waals surface area contributed by atoms with Gasteiger partial charge in [-0.3, -0.25) is 9.59 Å². The molecule has 0 radical (unpaired) electrons. The Morgan fingerprint density at radius 2 is 2.17 bits per heavy atom. The Hall–Kier alpha value is -2.40. The van der Waals surface area contributed by atoms with Gasteiger partial charge in [-0.05, 0) is 31.5 Å². The molecule has 0 aliphatic carbocycles. The van der Waals surface area contributed by atoms with Crippen LogP contribution in [0.2, 0.25) is 0 Å². The zero-order valence-corrected chi connectivity index (χ0v) is 14.2. The monoisotopic (exact) mass is 349 g/mol. The second-order valence-electron chi connectivity index (χ2n) is 5.65. The molecule has 1 atom stereocenters. The summed E-state index contributed by atoms with van der Waals surface area (Å²) in [5, 5.41) is 11.4. The molecule has 1 aromatic rings. The van der Waals surface area contributed by atoms with Crippen molar-refractivity contribution in [3.63, 3.8) is 0 Å². The highest BCUT2D eigenvalue weighted by atomic mass is 32.2. The summed E-state index contributed by atoms with van der Waals surface area (Å²) in [7, 11) is -3.09. The van der Waals surface area contributed by atoms with Gasteiger partial charge in [0.25, 0.3) is 0 Å². The van der Waals surface area contributed by atoms with Crippen LogP contribution in [-0.2, 0) is 19.4 Å². The van der Waals surface area contributed by atoms with Crippen LogP contribution in [0.1, 0.15) is 25.3 Å². The molecule has 8 heteroatoms. The van der Waals surface area contributed by atoms with Gasteiger partial charge in [0, 0.05) is 18.3 Å². The number of hydrogen-bond donors (Lipinski definition) is 1. The average molecular weight is 349 g/mol. The van der Waals surface area contributed by atoms with Crippen LogP contribution in [0.25, 0.3) is 0 Å². The number of benzene rings is 1. The number of amides is 2. The molecule has 1 fully saturated rings. The van der Waals surface area contributed by atoms with Crippen LogP contribution in [0, 0.1) is 11.3 Å². The summed E-state index contributed by atoms with van der Waals surface area (Å²) in [6, 6.07) is 8.01. The van der Waals surface area contributed by atoms with Gasteiger partial charge in [-0.2, -0.15) is 5.26 Å². The van der Waals surface area contributed by atoms with Gasteiger partial charge >= 0.3 is 0 Å². The highest BCUT2D eigenvalue weighted by Gasteiger charge is 2.34. The van der Waals surface area contributed by atoms with Crippen molar-refractivity contribution in [3.05, 3.63) is 29.8 Å². The smallest absolute Gasteiger partial charge is 0.233 e. The fourth-order valence-corrected chi connectivity index (χ4v) is 4.50. The van der Waals surface area contributed by atoms with Gasteiger partial charge in [0.1, 0.15) is 6.42 Å². The minimum absolute atomic E-state index is 0.0432. The second kappa shape index (κ2) is 7.45. The second-order valence-corrected chi connectivity index (χ2v) is 7.88. The standard InChI is InChI=1S/C16H19N3O4S/c1-2-19(14-6-7-24(22,23)11-14)16(21)9-15(20)18-13-5-3-4-12(8-13)10-17/h3-5,8,14H,2,6-7,9,11H2,1H3,(H,18,20). The quantitative estimate of drug-likeness (QED) is 0.796. The van der Waals surface area contributed by atoms with Crippen molar-refractivity contribution < 1.29 is 18.0 Å². The van der Waals surface area contributed by atoms with E-state index >= 15 is 0 Å². The SMILES string of the molecule is CCN(C(=O)CC(=O)Nc1cccc(C#N)c1)C1CCS(=O)(=O)C1. The maximum Gasteiger partial charge on any atom is 0.233 e. The van der Waals surface area contributed by atoms with Gasteiger partial charge in [0.05, 0.1) is 23.1 Å². The molecule has 0 bridgehead atoms. The van der Waals surface area contributed by atoms with Crippen LogP contribution in [0.5, 0.6) is 0 Å². The van der Waals surface area contributed by atoms with E-state index in [9.17, 15) is 18.0 Å². The van der Waals surface area contributed by atoms with E-state index in [2.05, 4.69) is 5.32 Å². The molecular weight excluding hydrogens is 330 g/mol. The number of carbonyl (C=O) groups excluding carboxylic acids is 2. The molecule has 1 aliphatic heterocycles. The van der Waals surface area contributed by atoms with Crippen molar-refractivity contribution in [2.24, 2.45) is 0 Å². The zero-order valence-electron chi connectivity index (χ0n) is 13.4. The van der Waals surface area contributed by atoms with Gasteiger partial charge < -0.3 is 10.2 Å². The van der Waals surface area contributed by atoms with Crippen LogP contribution < -0.4 is 5.32 Å². The Labute approximate surface area is 141 Å². The van der Waals surface area contributed by atoms with E-state index in [1.165, 1.54) is 11.0 Å². The van der Waals surface area contributed by atoms with Gasteiger partial charge in [-0.25, -0.2) is 8.42 Å². The van der Waals surface area contributed by atoms with E-state index in [0.717, 1.165) is 0 Å². The summed E-state index contributed by atoms with van der Waals surface area (Å²) in [6.07, 6.45) is 0.0505. The summed E-state index contributed by atoms with van der Waals surface area (Å²) in [4.78, 5) is 25.8. The lowest BCUT2D eigenvalue weighted by Gasteiger charge is -2.26. The molecular formula is C16H19N3O4S. The van der Waals surface area contributed by atoms with Gasteiger partial charge in [-0.15, -0.1) is 0 Å². The molecule has 1 aromatic carbocycles. The number of nitriles is 1. The summed E-state index contributed by atoms with van der Waals surface area (Å²) in [5.41, 5.74) is 0.851. The van der Waals surface area contributed by atoms with Crippen molar-refractivity contribution >= 4 is 27.3 Å². The molecule has 7 nitrogen and oxygen atoms in total. The average Bonchev–Trinajstić information content (AvgIpc) is 2.87. The Morgan fingerprint density at radius 1 is 1.42 bits per heavy atom. The molecule has 1 aliphatic rings. The maximum atomic E-state index is 12.3. The lowest BCUT2D eigenvalue weighted by molar-refractivity contribution is -0.135. The Balaban J connectivity index is 1.97. The molecule has 1 unspecified atom stereocenters. The number of nitrogens with zero attached hydrogens (tertiary/aromatic N) is 2. The lowest BCUT2D eigenvalue weighted by atomic mass is 10.2. The predicted molar refractivity (Wildman–Crippen MR) is 88.8 cm³/mol. The zero-order chi connectivity index (χ0) is 17.7. The minimum Gasteiger partial charge on any atom is -0.338 e. The van der Waals surface area contributed by atoms with Crippen LogP contribution in [0.3, 0.4) is 0 Å². The number of hydrogen-bond acceptors (Lipinski definition) is 5. The minimum atomic E-state index is -3.09. The largest absolute Gasteiger partial charge is 0.338 e. The third-order valence-corrected chi connectivity index (χ3v) is 5.65. The van der Waals surface area contributed by atoms with Gasteiger partial charge in [0.2, 0.25) is 11.8 Å². The van der Waals surface area contributed by atoms with E-state index in [1.807, 2.05) is 6.07 Å². The molecule has 0 saturated carbocycles.